The first-order valence-corrected chi connectivity index (χ1v) is 8.90. The van der Waals surface area contributed by atoms with Crippen LogP contribution >= 0.6 is 0 Å². The summed E-state index contributed by atoms with van der Waals surface area (Å²) in [6, 6.07) is 0.779. The average molecular weight is 268 g/mol. The SMILES string of the molecule is CCCCCCCCCCCCC(NC)C1(C)CC1. The van der Waals surface area contributed by atoms with Gasteiger partial charge in [-0.05, 0) is 31.7 Å². The van der Waals surface area contributed by atoms with Crippen LogP contribution in [0.2, 0.25) is 0 Å². The lowest BCUT2D eigenvalue weighted by atomic mass is 9.93. The summed E-state index contributed by atoms with van der Waals surface area (Å²) in [7, 11) is 2.14. The van der Waals surface area contributed by atoms with Gasteiger partial charge in [0.05, 0.1) is 0 Å². The van der Waals surface area contributed by atoms with Gasteiger partial charge < -0.3 is 5.32 Å². The fourth-order valence-corrected chi connectivity index (χ4v) is 3.22. The molecule has 0 aliphatic heterocycles. The van der Waals surface area contributed by atoms with Gasteiger partial charge in [-0.25, -0.2) is 0 Å². The zero-order chi connectivity index (χ0) is 14.0. The molecule has 0 aromatic rings. The van der Waals surface area contributed by atoms with E-state index in [1.807, 2.05) is 0 Å². The van der Waals surface area contributed by atoms with Gasteiger partial charge in [-0.2, -0.15) is 0 Å². The molecule has 0 amide bonds. The Morgan fingerprint density at radius 2 is 1.32 bits per heavy atom. The van der Waals surface area contributed by atoms with Gasteiger partial charge in [0.25, 0.3) is 0 Å². The van der Waals surface area contributed by atoms with E-state index in [2.05, 4.69) is 26.2 Å². The van der Waals surface area contributed by atoms with Crippen LogP contribution in [0.5, 0.6) is 0 Å². The maximum absolute atomic E-state index is 3.54. The lowest BCUT2D eigenvalue weighted by molar-refractivity contribution is 0.345. The molecule has 1 aliphatic carbocycles. The zero-order valence-electron chi connectivity index (χ0n) is 13.8. The van der Waals surface area contributed by atoms with E-state index < -0.39 is 0 Å². The Kier molecular flexibility index (Phi) is 8.77. The Hall–Kier alpha value is -0.0400. The first-order valence-electron chi connectivity index (χ1n) is 8.90. The summed E-state index contributed by atoms with van der Waals surface area (Å²) in [4.78, 5) is 0. The minimum absolute atomic E-state index is 0.647. The van der Waals surface area contributed by atoms with Crippen LogP contribution in [0, 0.1) is 5.41 Å². The molecular weight excluding hydrogens is 230 g/mol. The highest BCUT2D eigenvalue weighted by Gasteiger charge is 2.43. The Bertz CT molecular complexity index is 208. The third-order valence-electron chi connectivity index (χ3n) is 5.07. The minimum atomic E-state index is 0.647. The highest BCUT2D eigenvalue weighted by Crippen LogP contribution is 2.49. The van der Waals surface area contributed by atoms with E-state index in [9.17, 15) is 0 Å². The third kappa shape index (κ3) is 7.34. The summed E-state index contributed by atoms with van der Waals surface area (Å²) in [5.41, 5.74) is 0.647. The van der Waals surface area contributed by atoms with Crippen LogP contribution in [-0.4, -0.2) is 13.1 Å². The van der Waals surface area contributed by atoms with Gasteiger partial charge in [0.1, 0.15) is 0 Å². The zero-order valence-corrected chi connectivity index (χ0v) is 13.8. The second-order valence-corrected chi connectivity index (χ2v) is 6.97. The molecule has 0 aromatic heterocycles. The van der Waals surface area contributed by atoms with Crippen LogP contribution < -0.4 is 5.32 Å². The van der Waals surface area contributed by atoms with Crippen molar-refractivity contribution in [2.75, 3.05) is 7.05 Å². The Morgan fingerprint density at radius 3 is 1.74 bits per heavy atom. The number of rotatable bonds is 13. The van der Waals surface area contributed by atoms with Crippen LogP contribution in [0.15, 0.2) is 0 Å². The molecule has 0 heterocycles. The topological polar surface area (TPSA) is 12.0 Å². The molecule has 0 bridgehead atoms. The molecule has 114 valence electrons. The van der Waals surface area contributed by atoms with E-state index >= 15 is 0 Å². The van der Waals surface area contributed by atoms with Gasteiger partial charge in [0, 0.05) is 6.04 Å². The first-order chi connectivity index (χ1) is 9.23. The highest BCUT2D eigenvalue weighted by atomic mass is 14.9. The van der Waals surface area contributed by atoms with E-state index in [0.717, 1.165) is 6.04 Å². The van der Waals surface area contributed by atoms with Crippen LogP contribution in [0.3, 0.4) is 0 Å². The quantitative estimate of drug-likeness (QED) is 0.423. The largest absolute Gasteiger partial charge is 0.316 e. The molecule has 1 rings (SSSR count). The maximum Gasteiger partial charge on any atom is 0.0118 e. The molecule has 1 saturated carbocycles. The third-order valence-corrected chi connectivity index (χ3v) is 5.07. The van der Waals surface area contributed by atoms with E-state index in [-0.39, 0.29) is 0 Å². The summed E-state index contributed by atoms with van der Waals surface area (Å²) in [5, 5.41) is 3.54. The van der Waals surface area contributed by atoms with Crippen LogP contribution in [-0.2, 0) is 0 Å². The van der Waals surface area contributed by atoms with Crippen molar-refractivity contribution in [3.63, 3.8) is 0 Å². The van der Waals surface area contributed by atoms with Crippen molar-refractivity contribution in [2.24, 2.45) is 5.41 Å². The highest BCUT2D eigenvalue weighted by molar-refractivity contribution is 4.97. The van der Waals surface area contributed by atoms with E-state index in [1.165, 1.54) is 83.5 Å². The number of nitrogens with one attached hydrogen (secondary N) is 1. The average Bonchev–Trinajstić information content (AvgIpc) is 3.15. The van der Waals surface area contributed by atoms with Crippen molar-refractivity contribution in [1.82, 2.24) is 5.32 Å². The van der Waals surface area contributed by atoms with Gasteiger partial charge in [-0.1, -0.05) is 78.1 Å². The maximum atomic E-state index is 3.54. The Morgan fingerprint density at radius 1 is 0.842 bits per heavy atom. The standard InChI is InChI=1S/C18H37N/c1-4-5-6-7-8-9-10-11-12-13-14-17(19-3)18(2)15-16-18/h17,19H,4-16H2,1-3H3. The predicted molar refractivity (Wildman–Crippen MR) is 86.6 cm³/mol. The summed E-state index contributed by atoms with van der Waals surface area (Å²) < 4.78 is 0. The van der Waals surface area contributed by atoms with Crippen molar-refractivity contribution in [3.8, 4) is 0 Å². The molecule has 0 spiro atoms. The monoisotopic (exact) mass is 267 g/mol. The second kappa shape index (κ2) is 9.80. The number of unbranched alkanes of at least 4 members (excludes halogenated alkanes) is 9. The molecule has 1 unspecified atom stereocenters. The summed E-state index contributed by atoms with van der Waals surface area (Å²) >= 11 is 0. The molecule has 1 atom stereocenters. The summed E-state index contributed by atoms with van der Waals surface area (Å²) in [5.74, 6) is 0. The van der Waals surface area contributed by atoms with Gasteiger partial charge in [0.2, 0.25) is 0 Å². The van der Waals surface area contributed by atoms with Crippen molar-refractivity contribution in [1.29, 1.82) is 0 Å². The molecular formula is C18H37N. The van der Waals surface area contributed by atoms with E-state index in [1.54, 1.807) is 0 Å². The lowest BCUT2D eigenvalue weighted by Gasteiger charge is -2.22. The molecule has 1 nitrogen and oxygen atoms in total. The van der Waals surface area contributed by atoms with E-state index in [0.29, 0.717) is 5.41 Å². The molecule has 0 aromatic carbocycles. The smallest absolute Gasteiger partial charge is 0.0118 e. The molecule has 0 radical (unpaired) electrons. The molecule has 0 saturated heterocycles. The van der Waals surface area contributed by atoms with Gasteiger partial charge in [-0.3, -0.25) is 0 Å². The van der Waals surface area contributed by atoms with Crippen molar-refractivity contribution < 1.29 is 0 Å². The van der Waals surface area contributed by atoms with Crippen LogP contribution in [0.25, 0.3) is 0 Å². The molecule has 1 N–H and O–H groups in total. The minimum Gasteiger partial charge on any atom is -0.316 e. The Balaban J connectivity index is 1.83. The predicted octanol–water partition coefficient (Wildman–Crippen LogP) is 5.69. The lowest BCUT2D eigenvalue weighted by Crippen LogP contribution is -2.33. The second-order valence-electron chi connectivity index (χ2n) is 6.97. The van der Waals surface area contributed by atoms with Crippen molar-refractivity contribution in [3.05, 3.63) is 0 Å². The number of hydrogen-bond donors (Lipinski definition) is 1. The van der Waals surface area contributed by atoms with Crippen LogP contribution in [0.4, 0.5) is 0 Å². The fourth-order valence-electron chi connectivity index (χ4n) is 3.22. The number of hydrogen-bond acceptors (Lipinski definition) is 1. The first kappa shape index (κ1) is 17.0. The fraction of sp³-hybridized carbons (Fsp3) is 1.00. The van der Waals surface area contributed by atoms with Crippen molar-refractivity contribution >= 4 is 0 Å². The Labute approximate surface area is 121 Å². The van der Waals surface area contributed by atoms with Crippen LogP contribution in [0.1, 0.15) is 97.3 Å². The van der Waals surface area contributed by atoms with Gasteiger partial charge in [-0.15, -0.1) is 0 Å². The molecule has 19 heavy (non-hydrogen) atoms. The normalized spacial score (nSPS) is 18.5. The molecule has 1 aliphatic rings. The summed E-state index contributed by atoms with van der Waals surface area (Å²) in [6.07, 6.45) is 18.7. The van der Waals surface area contributed by atoms with E-state index in [4.69, 9.17) is 0 Å². The van der Waals surface area contributed by atoms with Gasteiger partial charge in [0.15, 0.2) is 0 Å². The van der Waals surface area contributed by atoms with Crippen molar-refractivity contribution in [2.45, 2.75) is 103 Å². The molecule has 1 heteroatoms. The summed E-state index contributed by atoms with van der Waals surface area (Å²) in [6.45, 7) is 4.74. The molecule has 1 fully saturated rings. The van der Waals surface area contributed by atoms with Gasteiger partial charge >= 0.3 is 0 Å².